The van der Waals surface area contributed by atoms with E-state index in [1.165, 1.54) is 24.3 Å². The number of ether oxygens (including phenoxy) is 1. The van der Waals surface area contributed by atoms with Crippen molar-refractivity contribution in [3.63, 3.8) is 0 Å². The summed E-state index contributed by atoms with van der Waals surface area (Å²) in [5.41, 5.74) is 2.71. The molecule has 0 radical (unpaired) electrons. The largest absolute Gasteiger partial charge is 0.487 e. The van der Waals surface area contributed by atoms with E-state index >= 15 is 0 Å². The van der Waals surface area contributed by atoms with Gasteiger partial charge in [0.15, 0.2) is 0 Å². The standard InChI is InChI=1S/C28H21BrClN3O6/c1-3-4-19-11-18(13-23(29)25(19)39-15-17-6-9-20(10-7-17)33(37)38)12-22-26(34)31-28(36)32(27(22)35)21-8-5-16(2)24(30)14-21/h3,5-14H,1,4,15H2,2H3,(H,31,34,36)/b22-12-. The molecule has 0 aromatic heterocycles. The number of rotatable bonds is 8. The van der Waals surface area contributed by atoms with E-state index in [-0.39, 0.29) is 23.6 Å². The molecule has 0 unspecified atom stereocenters. The van der Waals surface area contributed by atoms with Crippen LogP contribution in [0.5, 0.6) is 5.75 Å². The Morgan fingerprint density at radius 2 is 1.85 bits per heavy atom. The highest BCUT2D eigenvalue weighted by Gasteiger charge is 2.37. The molecule has 198 valence electrons. The van der Waals surface area contributed by atoms with Crippen LogP contribution >= 0.6 is 27.5 Å². The van der Waals surface area contributed by atoms with Gasteiger partial charge in [0, 0.05) is 17.2 Å². The van der Waals surface area contributed by atoms with Crippen molar-refractivity contribution < 1.29 is 24.0 Å². The lowest BCUT2D eigenvalue weighted by molar-refractivity contribution is -0.384. The fraction of sp³-hybridized carbons (Fsp3) is 0.107. The second-order valence-corrected chi connectivity index (χ2v) is 9.85. The number of imide groups is 2. The molecule has 1 heterocycles. The number of nitrogens with one attached hydrogen (secondary N) is 1. The van der Waals surface area contributed by atoms with Crippen LogP contribution in [0.15, 0.2) is 77.3 Å². The van der Waals surface area contributed by atoms with Crippen molar-refractivity contribution in [2.24, 2.45) is 0 Å². The van der Waals surface area contributed by atoms with Crippen LogP contribution in [0, 0.1) is 17.0 Å². The highest BCUT2D eigenvalue weighted by molar-refractivity contribution is 9.10. The van der Waals surface area contributed by atoms with Gasteiger partial charge in [0.05, 0.1) is 15.1 Å². The molecule has 0 aliphatic carbocycles. The number of anilines is 1. The zero-order chi connectivity index (χ0) is 28.3. The highest BCUT2D eigenvalue weighted by Crippen LogP contribution is 2.34. The first-order valence-corrected chi connectivity index (χ1v) is 12.7. The third-order valence-corrected chi connectivity index (χ3v) is 6.86. The summed E-state index contributed by atoms with van der Waals surface area (Å²) in [5.74, 6) is -1.09. The summed E-state index contributed by atoms with van der Waals surface area (Å²) < 4.78 is 6.56. The van der Waals surface area contributed by atoms with Gasteiger partial charge in [-0.15, -0.1) is 6.58 Å². The van der Waals surface area contributed by atoms with Crippen molar-refractivity contribution in [1.82, 2.24) is 5.32 Å². The Labute approximate surface area is 237 Å². The number of urea groups is 1. The fourth-order valence-electron chi connectivity index (χ4n) is 3.87. The van der Waals surface area contributed by atoms with Gasteiger partial charge in [0.1, 0.15) is 17.9 Å². The number of nitro groups is 1. The summed E-state index contributed by atoms with van der Waals surface area (Å²) in [7, 11) is 0. The summed E-state index contributed by atoms with van der Waals surface area (Å²) in [6, 6.07) is 13.3. The first kappa shape index (κ1) is 27.7. The average molecular weight is 611 g/mol. The predicted octanol–water partition coefficient (Wildman–Crippen LogP) is 6.29. The van der Waals surface area contributed by atoms with E-state index < -0.39 is 22.8 Å². The Hall–Kier alpha value is -4.28. The zero-order valence-electron chi connectivity index (χ0n) is 20.6. The molecule has 0 saturated carbocycles. The summed E-state index contributed by atoms with van der Waals surface area (Å²) in [5, 5.41) is 13.5. The average Bonchev–Trinajstić information content (AvgIpc) is 2.88. The first-order chi connectivity index (χ1) is 18.6. The molecule has 11 heteroatoms. The number of non-ortho nitro benzene ring substituents is 1. The molecule has 1 fully saturated rings. The van der Waals surface area contributed by atoms with E-state index in [4.69, 9.17) is 16.3 Å². The van der Waals surface area contributed by atoms with Crippen LogP contribution in [0.3, 0.4) is 0 Å². The molecular formula is C28H21BrClN3O6. The minimum absolute atomic E-state index is 0.0169. The van der Waals surface area contributed by atoms with E-state index in [0.717, 1.165) is 21.6 Å². The van der Waals surface area contributed by atoms with Gasteiger partial charge < -0.3 is 4.74 Å². The van der Waals surface area contributed by atoms with Gasteiger partial charge >= 0.3 is 6.03 Å². The van der Waals surface area contributed by atoms with Crippen LogP contribution in [0.2, 0.25) is 5.02 Å². The predicted molar refractivity (Wildman–Crippen MR) is 151 cm³/mol. The van der Waals surface area contributed by atoms with Gasteiger partial charge in [0.2, 0.25) is 0 Å². The smallest absolute Gasteiger partial charge is 0.335 e. The number of benzene rings is 3. The lowest BCUT2D eigenvalue weighted by Crippen LogP contribution is -2.54. The second-order valence-electron chi connectivity index (χ2n) is 8.59. The number of nitro benzene ring substituents is 1. The van der Waals surface area contributed by atoms with Gasteiger partial charge in [-0.2, -0.15) is 0 Å². The fourth-order valence-corrected chi connectivity index (χ4v) is 4.68. The maximum absolute atomic E-state index is 13.3. The van der Waals surface area contributed by atoms with Crippen LogP contribution in [0.4, 0.5) is 16.2 Å². The number of hydrogen-bond acceptors (Lipinski definition) is 6. The Morgan fingerprint density at radius 1 is 1.13 bits per heavy atom. The van der Waals surface area contributed by atoms with Gasteiger partial charge in [-0.05, 0) is 94.0 Å². The molecule has 3 aromatic rings. The zero-order valence-corrected chi connectivity index (χ0v) is 22.9. The topological polar surface area (TPSA) is 119 Å². The number of carbonyl (C=O) groups excluding carboxylic acids is 3. The van der Waals surface area contributed by atoms with E-state index in [9.17, 15) is 24.5 Å². The molecule has 9 nitrogen and oxygen atoms in total. The van der Waals surface area contributed by atoms with E-state index in [1.54, 1.807) is 49.4 Å². The number of barbiturate groups is 1. The first-order valence-electron chi connectivity index (χ1n) is 11.6. The van der Waals surface area contributed by atoms with Gasteiger partial charge in [-0.1, -0.05) is 23.7 Å². The Balaban J connectivity index is 1.64. The van der Waals surface area contributed by atoms with Crippen molar-refractivity contribution in [3.8, 4) is 5.75 Å². The summed E-state index contributed by atoms with van der Waals surface area (Å²) in [6.45, 7) is 5.72. The maximum atomic E-state index is 13.3. The minimum atomic E-state index is -0.870. The third kappa shape index (κ3) is 6.08. The molecule has 1 aliphatic rings. The number of amides is 4. The highest BCUT2D eigenvalue weighted by atomic mass is 79.9. The normalized spacial score (nSPS) is 14.4. The SMILES string of the molecule is C=CCc1cc(/C=C2/C(=O)NC(=O)N(c3ccc(C)c(Cl)c3)C2=O)cc(Br)c1OCc1ccc([N+](=O)[O-])cc1. The van der Waals surface area contributed by atoms with E-state index in [0.29, 0.717) is 27.2 Å². The third-order valence-electron chi connectivity index (χ3n) is 5.86. The number of halogens is 2. The minimum Gasteiger partial charge on any atom is -0.487 e. The van der Waals surface area contributed by atoms with Gasteiger partial charge in [-0.25, -0.2) is 9.69 Å². The monoisotopic (exact) mass is 609 g/mol. The molecule has 39 heavy (non-hydrogen) atoms. The number of aryl methyl sites for hydroxylation is 1. The Bertz CT molecular complexity index is 1550. The summed E-state index contributed by atoms with van der Waals surface area (Å²) >= 11 is 9.68. The summed E-state index contributed by atoms with van der Waals surface area (Å²) in [6.07, 6.45) is 3.49. The molecule has 4 rings (SSSR count). The lowest BCUT2D eigenvalue weighted by atomic mass is 10.0. The van der Waals surface area contributed by atoms with Crippen LogP contribution < -0.4 is 15.0 Å². The van der Waals surface area contributed by atoms with Crippen LogP contribution in [-0.4, -0.2) is 22.8 Å². The quantitative estimate of drug-likeness (QED) is 0.105. The molecular weight excluding hydrogens is 590 g/mol. The van der Waals surface area contributed by atoms with E-state index in [2.05, 4.69) is 27.8 Å². The Kier molecular flexibility index (Phi) is 8.27. The Morgan fingerprint density at radius 3 is 2.49 bits per heavy atom. The van der Waals surface area contributed by atoms with E-state index in [1.807, 2.05) is 0 Å². The molecule has 1 saturated heterocycles. The van der Waals surface area contributed by atoms with Crippen molar-refractivity contribution >= 4 is 62.8 Å². The number of nitrogens with zero attached hydrogens (tertiary/aromatic N) is 2. The summed E-state index contributed by atoms with van der Waals surface area (Å²) in [4.78, 5) is 49.7. The van der Waals surface area contributed by atoms with Crippen molar-refractivity contribution in [2.45, 2.75) is 20.0 Å². The number of hydrogen-bond donors (Lipinski definition) is 1. The molecule has 3 aromatic carbocycles. The number of carbonyl (C=O) groups is 3. The van der Waals surface area contributed by atoms with Crippen LogP contribution in [-0.2, 0) is 22.6 Å². The van der Waals surface area contributed by atoms with Crippen LogP contribution in [0.25, 0.3) is 6.08 Å². The maximum Gasteiger partial charge on any atom is 0.335 e. The molecule has 1 aliphatic heterocycles. The van der Waals surface area contributed by atoms with Gasteiger partial charge in [0.25, 0.3) is 17.5 Å². The van der Waals surface area contributed by atoms with Crippen LogP contribution in [0.1, 0.15) is 22.3 Å². The second kappa shape index (κ2) is 11.6. The lowest BCUT2D eigenvalue weighted by Gasteiger charge is -2.26. The van der Waals surface area contributed by atoms with Crippen molar-refractivity contribution in [1.29, 1.82) is 0 Å². The van der Waals surface area contributed by atoms with Crippen molar-refractivity contribution in [2.75, 3.05) is 4.90 Å². The molecule has 0 atom stereocenters. The van der Waals surface area contributed by atoms with Crippen molar-refractivity contribution in [3.05, 3.63) is 115 Å². The molecule has 0 spiro atoms. The number of allylic oxidation sites excluding steroid dienone is 1. The van der Waals surface area contributed by atoms with Gasteiger partial charge in [-0.3, -0.25) is 25.0 Å². The molecule has 4 amide bonds. The molecule has 1 N–H and O–H groups in total. The molecule has 0 bridgehead atoms.